The van der Waals surface area contributed by atoms with Crippen molar-refractivity contribution < 1.29 is 4.79 Å². The molecule has 27 heavy (non-hydrogen) atoms. The molecule has 3 heterocycles. The van der Waals surface area contributed by atoms with Crippen LogP contribution in [-0.2, 0) is 13.1 Å². The van der Waals surface area contributed by atoms with E-state index in [1.807, 2.05) is 36.4 Å². The summed E-state index contributed by atoms with van der Waals surface area (Å²) in [4.78, 5) is 33.8. The van der Waals surface area contributed by atoms with E-state index in [-0.39, 0.29) is 17.0 Å². The van der Waals surface area contributed by atoms with Crippen LogP contribution in [0.2, 0.25) is 0 Å². The van der Waals surface area contributed by atoms with Crippen LogP contribution in [0, 0.1) is 0 Å². The molecule has 4 aromatic rings. The standard InChI is InChI=1S/C19H15N5O2S/c25-18(21-10-14-7-4-8-20-9-14)17-15-16(23-27-17)19(26)24(12-22-15)11-13-5-2-1-3-6-13/h1-9,12H,10-11H2,(H,21,25). The van der Waals surface area contributed by atoms with E-state index in [0.717, 1.165) is 22.7 Å². The third-order valence-corrected chi connectivity index (χ3v) is 4.87. The fourth-order valence-corrected chi connectivity index (χ4v) is 3.41. The minimum atomic E-state index is -0.306. The van der Waals surface area contributed by atoms with Crippen LogP contribution in [0.3, 0.4) is 0 Å². The molecule has 0 bridgehead atoms. The normalized spacial score (nSPS) is 10.8. The highest BCUT2D eigenvalue weighted by molar-refractivity contribution is 7.09. The third-order valence-electron chi connectivity index (χ3n) is 4.04. The Morgan fingerprint density at radius 2 is 1.89 bits per heavy atom. The predicted octanol–water partition coefficient (Wildman–Crippen LogP) is 2.23. The van der Waals surface area contributed by atoms with Crippen molar-refractivity contribution in [3.05, 3.63) is 87.5 Å². The fourth-order valence-electron chi connectivity index (χ4n) is 2.67. The van der Waals surface area contributed by atoms with E-state index in [2.05, 4.69) is 19.7 Å². The molecule has 0 aliphatic heterocycles. The number of pyridine rings is 1. The number of benzene rings is 1. The van der Waals surface area contributed by atoms with E-state index in [1.165, 1.54) is 10.9 Å². The number of hydrogen-bond acceptors (Lipinski definition) is 6. The van der Waals surface area contributed by atoms with Gasteiger partial charge in [-0.15, -0.1) is 0 Å². The molecular weight excluding hydrogens is 362 g/mol. The molecule has 0 aliphatic rings. The molecule has 3 aromatic heterocycles. The maximum Gasteiger partial charge on any atom is 0.281 e. The number of aromatic nitrogens is 4. The molecule has 0 aliphatic carbocycles. The summed E-state index contributed by atoms with van der Waals surface area (Å²) in [5.41, 5.74) is 2.16. The van der Waals surface area contributed by atoms with Crippen molar-refractivity contribution in [3.63, 3.8) is 0 Å². The van der Waals surface area contributed by atoms with Crippen LogP contribution < -0.4 is 10.9 Å². The van der Waals surface area contributed by atoms with Crippen molar-refractivity contribution in [2.24, 2.45) is 0 Å². The number of carbonyl (C=O) groups excluding carboxylic acids is 1. The Hall–Kier alpha value is -3.39. The molecule has 1 amide bonds. The van der Waals surface area contributed by atoms with Gasteiger partial charge < -0.3 is 5.32 Å². The quantitative estimate of drug-likeness (QED) is 0.576. The molecule has 8 heteroatoms. The fraction of sp³-hybridized carbons (Fsp3) is 0.105. The summed E-state index contributed by atoms with van der Waals surface area (Å²) in [6.07, 6.45) is 4.82. The van der Waals surface area contributed by atoms with E-state index < -0.39 is 0 Å². The van der Waals surface area contributed by atoms with Gasteiger partial charge in [-0.1, -0.05) is 36.4 Å². The average Bonchev–Trinajstić information content (AvgIpc) is 3.15. The van der Waals surface area contributed by atoms with Gasteiger partial charge >= 0.3 is 0 Å². The van der Waals surface area contributed by atoms with Crippen LogP contribution in [0.4, 0.5) is 0 Å². The third kappa shape index (κ3) is 3.61. The molecule has 7 nitrogen and oxygen atoms in total. The molecule has 1 N–H and O–H groups in total. The molecule has 0 atom stereocenters. The lowest BCUT2D eigenvalue weighted by Crippen LogP contribution is -2.24. The lowest BCUT2D eigenvalue weighted by molar-refractivity contribution is 0.0956. The topological polar surface area (TPSA) is 89.8 Å². The molecule has 0 fully saturated rings. The van der Waals surface area contributed by atoms with Gasteiger partial charge in [0, 0.05) is 18.9 Å². The maximum atomic E-state index is 12.7. The Bertz CT molecular complexity index is 1140. The molecule has 134 valence electrons. The largest absolute Gasteiger partial charge is 0.347 e. The number of nitrogens with one attached hydrogen (secondary N) is 1. The SMILES string of the molecule is O=C(NCc1cccnc1)c1snc2c(=O)n(Cc3ccccc3)cnc12. The van der Waals surface area contributed by atoms with Gasteiger partial charge in [-0.25, -0.2) is 4.98 Å². The Kier molecular flexibility index (Phi) is 4.71. The van der Waals surface area contributed by atoms with Gasteiger partial charge in [0.1, 0.15) is 10.4 Å². The van der Waals surface area contributed by atoms with Crippen molar-refractivity contribution in [2.45, 2.75) is 13.1 Å². The van der Waals surface area contributed by atoms with E-state index in [4.69, 9.17) is 0 Å². The van der Waals surface area contributed by atoms with Gasteiger partial charge in [0.05, 0.1) is 12.9 Å². The molecule has 0 radical (unpaired) electrons. The Labute approximate surface area is 158 Å². The first-order chi connectivity index (χ1) is 13.2. The van der Waals surface area contributed by atoms with E-state index in [1.54, 1.807) is 18.5 Å². The lowest BCUT2D eigenvalue weighted by Gasteiger charge is -2.05. The molecule has 0 spiro atoms. The Morgan fingerprint density at radius 3 is 2.67 bits per heavy atom. The Morgan fingerprint density at radius 1 is 1.07 bits per heavy atom. The summed E-state index contributed by atoms with van der Waals surface area (Å²) in [5.74, 6) is -0.306. The van der Waals surface area contributed by atoms with Crippen molar-refractivity contribution in [2.75, 3.05) is 0 Å². The average molecular weight is 377 g/mol. The van der Waals surface area contributed by atoms with Crippen molar-refractivity contribution >= 4 is 28.5 Å². The van der Waals surface area contributed by atoms with Crippen LogP contribution >= 0.6 is 11.5 Å². The number of amides is 1. The number of carbonyl (C=O) groups is 1. The summed E-state index contributed by atoms with van der Waals surface area (Å²) in [6, 6.07) is 13.3. The highest BCUT2D eigenvalue weighted by Crippen LogP contribution is 2.17. The summed E-state index contributed by atoms with van der Waals surface area (Å²) < 4.78 is 5.66. The van der Waals surface area contributed by atoms with Crippen molar-refractivity contribution in [1.82, 2.24) is 24.2 Å². The second-order valence-electron chi connectivity index (χ2n) is 5.92. The zero-order valence-corrected chi connectivity index (χ0v) is 15.0. The molecule has 0 saturated heterocycles. The second kappa shape index (κ2) is 7.46. The minimum Gasteiger partial charge on any atom is -0.347 e. The van der Waals surface area contributed by atoms with E-state index in [9.17, 15) is 9.59 Å². The van der Waals surface area contributed by atoms with E-state index in [0.29, 0.717) is 23.5 Å². The second-order valence-corrected chi connectivity index (χ2v) is 6.69. The van der Waals surface area contributed by atoms with Crippen LogP contribution in [0.15, 0.2) is 66.0 Å². The van der Waals surface area contributed by atoms with Crippen molar-refractivity contribution in [3.8, 4) is 0 Å². The first kappa shape index (κ1) is 17.0. The number of nitrogens with zero attached hydrogens (tertiary/aromatic N) is 4. The zero-order chi connectivity index (χ0) is 18.6. The van der Waals surface area contributed by atoms with Gasteiger partial charge in [-0.3, -0.25) is 19.1 Å². The maximum absolute atomic E-state index is 12.7. The zero-order valence-electron chi connectivity index (χ0n) is 14.2. The van der Waals surface area contributed by atoms with Crippen LogP contribution in [0.5, 0.6) is 0 Å². The summed E-state index contributed by atoms with van der Waals surface area (Å²) in [5, 5.41) is 2.81. The highest BCUT2D eigenvalue weighted by Gasteiger charge is 2.18. The molecule has 0 unspecified atom stereocenters. The van der Waals surface area contributed by atoms with Crippen molar-refractivity contribution in [1.29, 1.82) is 0 Å². The van der Waals surface area contributed by atoms with Crippen LogP contribution in [0.25, 0.3) is 11.0 Å². The summed E-state index contributed by atoms with van der Waals surface area (Å²) >= 11 is 0.982. The molecule has 1 aromatic carbocycles. The molecule has 4 rings (SSSR count). The van der Waals surface area contributed by atoms with Gasteiger partial charge in [0.15, 0.2) is 5.52 Å². The minimum absolute atomic E-state index is 0.213. The summed E-state index contributed by atoms with van der Waals surface area (Å²) in [7, 11) is 0. The summed E-state index contributed by atoms with van der Waals surface area (Å²) in [6.45, 7) is 0.750. The monoisotopic (exact) mass is 377 g/mol. The number of hydrogen-bond donors (Lipinski definition) is 1. The number of fused-ring (bicyclic) bond motifs is 1. The van der Waals surface area contributed by atoms with E-state index >= 15 is 0 Å². The Balaban J connectivity index is 1.57. The predicted molar refractivity (Wildman–Crippen MR) is 103 cm³/mol. The smallest absolute Gasteiger partial charge is 0.281 e. The van der Waals surface area contributed by atoms with Crippen LogP contribution in [-0.4, -0.2) is 24.8 Å². The van der Waals surface area contributed by atoms with Crippen LogP contribution in [0.1, 0.15) is 20.8 Å². The molecular formula is C19H15N5O2S. The van der Waals surface area contributed by atoms with Gasteiger partial charge in [0.2, 0.25) is 0 Å². The first-order valence-corrected chi connectivity index (χ1v) is 9.05. The lowest BCUT2D eigenvalue weighted by atomic mass is 10.2. The highest BCUT2D eigenvalue weighted by atomic mass is 32.1. The van der Waals surface area contributed by atoms with Gasteiger partial charge in [-0.05, 0) is 28.7 Å². The number of rotatable bonds is 5. The molecule has 0 saturated carbocycles. The van der Waals surface area contributed by atoms with Gasteiger partial charge in [0.25, 0.3) is 11.5 Å². The van der Waals surface area contributed by atoms with Gasteiger partial charge in [-0.2, -0.15) is 4.37 Å². The first-order valence-electron chi connectivity index (χ1n) is 8.28.